The van der Waals surface area contributed by atoms with Gasteiger partial charge in [0.25, 0.3) is 0 Å². The number of carbonyl (C=O) groups is 3. The lowest BCUT2D eigenvalue weighted by molar-refractivity contribution is -0.133. The van der Waals surface area contributed by atoms with Crippen LogP contribution >= 0.6 is 21.6 Å². The van der Waals surface area contributed by atoms with Crippen molar-refractivity contribution >= 4 is 39.2 Å². The minimum absolute atomic E-state index is 0.0557. The number of nitrogens with one attached hydrogen (secondary N) is 1. The SMILES string of the molecule is CCOC[C@@H]1C[C@@H](OC(C)C)CN1C(=O)CCCSSCCNC(=O)CCCCC(=O)C(C)C. The maximum Gasteiger partial charge on any atom is 0.223 e. The molecule has 0 aromatic carbocycles. The topological polar surface area (TPSA) is 84.9 Å². The number of nitrogens with zero attached hydrogens (tertiary/aromatic N) is 1. The molecule has 1 fully saturated rings. The van der Waals surface area contributed by atoms with Crippen LogP contribution in [0, 0.1) is 5.92 Å². The second-order valence-corrected chi connectivity index (χ2v) is 12.0. The molecule has 0 spiro atoms. The van der Waals surface area contributed by atoms with E-state index in [2.05, 4.69) is 5.32 Å². The van der Waals surface area contributed by atoms with E-state index in [0.29, 0.717) is 45.6 Å². The molecule has 1 heterocycles. The van der Waals surface area contributed by atoms with E-state index >= 15 is 0 Å². The number of ether oxygens (including phenoxy) is 2. The Balaban J connectivity index is 2.09. The van der Waals surface area contributed by atoms with Crippen LogP contribution in [0.3, 0.4) is 0 Å². The molecule has 1 saturated heterocycles. The van der Waals surface area contributed by atoms with Crippen LogP contribution in [0.5, 0.6) is 0 Å². The lowest BCUT2D eigenvalue weighted by Crippen LogP contribution is -2.38. The van der Waals surface area contributed by atoms with Crippen molar-refractivity contribution in [1.82, 2.24) is 10.2 Å². The molecule has 1 aliphatic heterocycles. The molecule has 0 radical (unpaired) electrons. The van der Waals surface area contributed by atoms with Crippen molar-refractivity contribution < 1.29 is 23.9 Å². The fraction of sp³-hybridized carbons (Fsp3) is 0.880. The largest absolute Gasteiger partial charge is 0.380 e. The van der Waals surface area contributed by atoms with Crippen LogP contribution in [0.25, 0.3) is 0 Å². The average molecular weight is 519 g/mol. The molecule has 0 saturated carbocycles. The molecular weight excluding hydrogens is 472 g/mol. The van der Waals surface area contributed by atoms with Crippen molar-refractivity contribution in [3.8, 4) is 0 Å². The number of carbonyl (C=O) groups excluding carboxylic acids is 3. The normalized spacial score (nSPS) is 18.1. The van der Waals surface area contributed by atoms with Gasteiger partial charge in [-0.1, -0.05) is 35.4 Å². The number of likely N-dealkylation sites (tertiary alicyclic amines) is 1. The van der Waals surface area contributed by atoms with E-state index in [9.17, 15) is 14.4 Å². The van der Waals surface area contributed by atoms with Gasteiger partial charge >= 0.3 is 0 Å². The molecule has 0 aromatic rings. The van der Waals surface area contributed by atoms with Crippen molar-refractivity contribution in [1.29, 1.82) is 0 Å². The van der Waals surface area contributed by atoms with Gasteiger partial charge in [0.05, 0.1) is 24.9 Å². The molecule has 0 unspecified atom stereocenters. The lowest BCUT2D eigenvalue weighted by atomic mass is 10.0. The Morgan fingerprint density at radius 2 is 1.71 bits per heavy atom. The zero-order valence-corrected chi connectivity index (χ0v) is 23.4. The fourth-order valence-corrected chi connectivity index (χ4v) is 5.81. The van der Waals surface area contributed by atoms with Crippen molar-refractivity contribution in [3.05, 3.63) is 0 Å². The van der Waals surface area contributed by atoms with Gasteiger partial charge in [-0.05, 0) is 46.5 Å². The maximum absolute atomic E-state index is 12.8. The standard InChI is InChI=1S/C25H46N2O5S2/c1-6-31-18-21-16-22(32-20(4)5)17-27(21)25(30)12-9-14-33-34-15-13-26-24(29)11-8-7-10-23(28)19(2)3/h19-22H,6-18H2,1-5H3,(H,26,29)/t21-,22+/m0/s1. The Kier molecular flexibility index (Phi) is 17.0. The molecule has 2 amide bonds. The first kappa shape index (κ1) is 31.3. The van der Waals surface area contributed by atoms with Gasteiger partial charge in [-0.2, -0.15) is 0 Å². The van der Waals surface area contributed by atoms with Gasteiger partial charge in [-0.25, -0.2) is 0 Å². The molecular formula is C25H46N2O5S2. The highest BCUT2D eigenvalue weighted by atomic mass is 33.1. The second kappa shape index (κ2) is 18.5. The third-order valence-corrected chi connectivity index (χ3v) is 8.10. The first-order valence-corrected chi connectivity index (χ1v) is 15.3. The number of amides is 2. The molecule has 198 valence electrons. The molecule has 0 aromatic heterocycles. The van der Waals surface area contributed by atoms with Gasteiger partial charge in [0.1, 0.15) is 5.78 Å². The molecule has 0 aliphatic carbocycles. The number of hydrogen-bond donors (Lipinski definition) is 1. The van der Waals surface area contributed by atoms with Crippen molar-refractivity contribution in [2.24, 2.45) is 5.92 Å². The molecule has 2 atom stereocenters. The van der Waals surface area contributed by atoms with Gasteiger partial charge in [-0.3, -0.25) is 14.4 Å². The highest BCUT2D eigenvalue weighted by molar-refractivity contribution is 8.76. The molecule has 0 bridgehead atoms. The summed E-state index contributed by atoms with van der Waals surface area (Å²) in [5.74, 6) is 2.34. The second-order valence-electron chi connectivity index (χ2n) is 9.33. The maximum atomic E-state index is 12.8. The third kappa shape index (κ3) is 14.0. The van der Waals surface area contributed by atoms with E-state index in [1.165, 1.54) is 0 Å². The van der Waals surface area contributed by atoms with Crippen molar-refractivity contribution in [2.75, 3.05) is 37.8 Å². The highest BCUT2D eigenvalue weighted by Gasteiger charge is 2.35. The first-order valence-electron chi connectivity index (χ1n) is 12.8. The highest BCUT2D eigenvalue weighted by Crippen LogP contribution is 2.25. The van der Waals surface area contributed by atoms with Crippen molar-refractivity contribution in [3.63, 3.8) is 0 Å². The summed E-state index contributed by atoms with van der Waals surface area (Å²) in [6.07, 6.45) is 5.06. The summed E-state index contributed by atoms with van der Waals surface area (Å²) in [5, 5.41) is 2.94. The zero-order valence-electron chi connectivity index (χ0n) is 21.8. The fourth-order valence-electron chi connectivity index (χ4n) is 3.81. The first-order chi connectivity index (χ1) is 16.2. The monoisotopic (exact) mass is 518 g/mol. The molecule has 1 N–H and O–H groups in total. The predicted octanol–water partition coefficient (Wildman–Crippen LogP) is 4.48. The summed E-state index contributed by atoms with van der Waals surface area (Å²) < 4.78 is 11.5. The van der Waals surface area contributed by atoms with Gasteiger partial charge in [0.2, 0.25) is 11.8 Å². The summed E-state index contributed by atoms with van der Waals surface area (Å²) in [6, 6.07) is 0.109. The molecule has 1 aliphatic rings. The number of Topliss-reactive ketones (excluding diaryl/α,β-unsaturated/α-hetero) is 1. The summed E-state index contributed by atoms with van der Waals surface area (Å²) in [6.45, 7) is 12.4. The summed E-state index contributed by atoms with van der Waals surface area (Å²) in [5.41, 5.74) is 0. The van der Waals surface area contributed by atoms with Crippen molar-refractivity contribution in [2.45, 2.75) is 97.8 Å². The van der Waals surface area contributed by atoms with Crippen LogP contribution in [0.4, 0.5) is 0 Å². The average Bonchev–Trinajstić information content (AvgIpc) is 3.18. The van der Waals surface area contributed by atoms with E-state index in [-0.39, 0.29) is 41.8 Å². The number of hydrogen-bond acceptors (Lipinski definition) is 7. The summed E-state index contributed by atoms with van der Waals surface area (Å²) in [4.78, 5) is 38.2. The van der Waals surface area contributed by atoms with E-state index in [1.54, 1.807) is 21.6 Å². The van der Waals surface area contributed by atoms with E-state index in [1.807, 2.05) is 39.5 Å². The minimum Gasteiger partial charge on any atom is -0.380 e. The van der Waals surface area contributed by atoms with Crippen LogP contribution in [-0.4, -0.2) is 78.6 Å². The van der Waals surface area contributed by atoms with Gasteiger partial charge in [-0.15, -0.1) is 0 Å². The van der Waals surface area contributed by atoms with E-state index in [0.717, 1.165) is 37.2 Å². The predicted molar refractivity (Wildman–Crippen MR) is 142 cm³/mol. The van der Waals surface area contributed by atoms with Crippen LogP contribution in [0.1, 0.15) is 79.6 Å². The Labute approximate surface area is 214 Å². The van der Waals surface area contributed by atoms with Gasteiger partial charge in [0.15, 0.2) is 0 Å². The minimum atomic E-state index is 0.0557. The Hall–Kier alpha value is -0.770. The van der Waals surface area contributed by atoms with Crippen LogP contribution in [-0.2, 0) is 23.9 Å². The Morgan fingerprint density at radius 1 is 1.00 bits per heavy atom. The number of rotatable bonds is 19. The number of unbranched alkanes of at least 4 members (excludes halogenated alkanes) is 1. The molecule has 7 nitrogen and oxygen atoms in total. The van der Waals surface area contributed by atoms with Gasteiger partial charge < -0.3 is 19.7 Å². The van der Waals surface area contributed by atoms with Gasteiger partial charge in [0, 0.05) is 56.4 Å². The van der Waals surface area contributed by atoms with Crippen LogP contribution < -0.4 is 5.32 Å². The Bertz CT molecular complexity index is 604. The summed E-state index contributed by atoms with van der Waals surface area (Å²) in [7, 11) is 3.47. The van der Waals surface area contributed by atoms with E-state index < -0.39 is 0 Å². The molecule has 34 heavy (non-hydrogen) atoms. The van der Waals surface area contributed by atoms with E-state index in [4.69, 9.17) is 9.47 Å². The lowest BCUT2D eigenvalue weighted by Gasteiger charge is -2.24. The molecule has 9 heteroatoms. The number of ketones is 1. The quantitative estimate of drug-likeness (QED) is 0.199. The third-order valence-electron chi connectivity index (χ3n) is 5.61. The Morgan fingerprint density at radius 3 is 2.38 bits per heavy atom. The van der Waals surface area contributed by atoms with Crippen LogP contribution in [0.2, 0.25) is 0 Å². The smallest absolute Gasteiger partial charge is 0.223 e. The zero-order chi connectivity index (χ0) is 25.3. The molecule has 1 rings (SSSR count). The van der Waals surface area contributed by atoms with Crippen LogP contribution in [0.15, 0.2) is 0 Å². The summed E-state index contributed by atoms with van der Waals surface area (Å²) >= 11 is 0.